The second-order valence-corrected chi connectivity index (χ2v) is 4.47. The Balaban J connectivity index is 3.40. The molecular formula is C9H4F6INO3. The monoisotopic (exact) mass is 415 g/mol. The van der Waals surface area contributed by atoms with Crippen LogP contribution in [0.1, 0.15) is 11.1 Å². The smallest absolute Gasteiger partial charge is 0.481 e. The third-order valence-electron chi connectivity index (χ3n) is 1.89. The average molecular weight is 415 g/mol. The van der Waals surface area contributed by atoms with Crippen LogP contribution >= 0.6 is 22.6 Å². The van der Waals surface area contributed by atoms with E-state index < -0.39 is 39.9 Å². The van der Waals surface area contributed by atoms with Gasteiger partial charge in [-0.05, 0) is 28.2 Å². The fourth-order valence-corrected chi connectivity index (χ4v) is 2.10. The molecule has 0 aliphatic carbocycles. The van der Waals surface area contributed by atoms with Gasteiger partial charge in [0.15, 0.2) is 0 Å². The SMILES string of the molecule is O=C(O)Cc1cnc(OC(F)(F)F)c(C(F)(F)F)c1I. The van der Waals surface area contributed by atoms with Crippen LogP contribution in [0.25, 0.3) is 0 Å². The Morgan fingerprint density at radius 3 is 2.25 bits per heavy atom. The van der Waals surface area contributed by atoms with E-state index >= 15 is 0 Å². The van der Waals surface area contributed by atoms with Crippen LogP contribution in [0.5, 0.6) is 5.88 Å². The number of hydrogen-bond acceptors (Lipinski definition) is 3. The number of carboxylic acids is 1. The molecule has 0 atom stereocenters. The molecule has 1 N–H and O–H groups in total. The maximum absolute atomic E-state index is 12.8. The summed E-state index contributed by atoms with van der Waals surface area (Å²) in [6, 6.07) is 0. The summed E-state index contributed by atoms with van der Waals surface area (Å²) in [7, 11) is 0. The van der Waals surface area contributed by atoms with Gasteiger partial charge in [-0.15, -0.1) is 13.2 Å². The number of halogens is 7. The van der Waals surface area contributed by atoms with Gasteiger partial charge in [-0.3, -0.25) is 4.79 Å². The van der Waals surface area contributed by atoms with E-state index in [1.54, 1.807) is 0 Å². The maximum atomic E-state index is 12.8. The molecule has 1 aromatic heterocycles. The van der Waals surface area contributed by atoms with Crippen LogP contribution in [0.4, 0.5) is 26.3 Å². The first-order chi connectivity index (χ1) is 8.92. The minimum atomic E-state index is -5.34. The molecule has 0 saturated heterocycles. The lowest BCUT2D eigenvalue weighted by Crippen LogP contribution is -2.22. The van der Waals surface area contributed by atoms with Crippen LogP contribution in [-0.4, -0.2) is 22.4 Å². The summed E-state index contributed by atoms with van der Waals surface area (Å²) in [6.45, 7) is 0. The van der Waals surface area contributed by atoms with Crippen molar-refractivity contribution in [3.63, 3.8) is 0 Å². The number of carbonyl (C=O) groups is 1. The fourth-order valence-electron chi connectivity index (χ4n) is 1.23. The Kier molecular flexibility index (Phi) is 4.71. The molecule has 0 bridgehead atoms. The highest BCUT2D eigenvalue weighted by Gasteiger charge is 2.42. The zero-order chi connectivity index (χ0) is 15.7. The van der Waals surface area contributed by atoms with Crippen molar-refractivity contribution in [3.8, 4) is 5.88 Å². The zero-order valence-electron chi connectivity index (χ0n) is 9.14. The van der Waals surface area contributed by atoms with E-state index in [0.717, 1.165) is 22.6 Å². The van der Waals surface area contributed by atoms with Crippen molar-refractivity contribution in [2.24, 2.45) is 0 Å². The molecule has 0 aliphatic rings. The number of ether oxygens (including phenoxy) is 1. The van der Waals surface area contributed by atoms with Crippen molar-refractivity contribution in [3.05, 3.63) is 20.9 Å². The third-order valence-corrected chi connectivity index (χ3v) is 3.12. The normalized spacial score (nSPS) is 12.3. The molecular weight excluding hydrogens is 411 g/mol. The second kappa shape index (κ2) is 5.61. The lowest BCUT2D eigenvalue weighted by molar-refractivity contribution is -0.278. The molecule has 0 saturated carbocycles. The number of rotatable bonds is 3. The molecule has 1 rings (SSSR count). The maximum Gasteiger partial charge on any atom is 0.574 e. The predicted octanol–water partition coefficient (Wildman–Crippen LogP) is 3.23. The molecule has 1 aromatic rings. The van der Waals surface area contributed by atoms with Gasteiger partial charge >= 0.3 is 18.5 Å². The summed E-state index contributed by atoms with van der Waals surface area (Å²) in [5, 5.41) is 8.52. The van der Waals surface area contributed by atoms with Crippen LogP contribution in [0.3, 0.4) is 0 Å². The first-order valence-corrected chi connectivity index (χ1v) is 5.72. The Hall–Kier alpha value is -1.27. The first-order valence-electron chi connectivity index (χ1n) is 4.64. The second-order valence-electron chi connectivity index (χ2n) is 3.39. The van der Waals surface area contributed by atoms with E-state index in [1.807, 2.05) is 0 Å². The Morgan fingerprint density at radius 2 is 1.85 bits per heavy atom. The summed E-state index contributed by atoms with van der Waals surface area (Å²) in [4.78, 5) is 13.4. The summed E-state index contributed by atoms with van der Waals surface area (Å²) < 4.78 is 76.9. The number of aliphatic carboxylic acids is 1. The van der Waals surface area contributed by atoms with Crippen LogP contribution in [0.15, 0.2) is 6.20 Å². The lowest BCUT2D eigenvalue weighted by Gasteiger charge is -2.17. The standard InChI is InChI=1S/C9H4F6INO3/c10-8(11,12)5-6(16)3(1-4(18)19)2-17-7(5)20-9(13,14)15/h2H,1H2,(H,18,19). The van der Waals surface area contributed by atoms with Gasteiger partial charge in [0, 0.05) is 9.77 Å². The van der Waals surface area contributed by atoms with E-state index in [-0.39, 0.29) is 5.56 Å². The van der Waals surface area contributed by atoms with Crippen LogP contribution in [0, 0.1) is 3.57 Å². The molecule has 20 heavy (non-hydrogen) atoms. The van der Waals surface area contributed by atoms with E-state index in [0.29, 0.717) is 6.20 Å². The minimum Gasteiger partial charge on any atom is -0.481 e. The molecule has 11 heteroatoms. The fraction of sp³-hybridized carbons (Fsp3) is 0.333. The third kappa shape index (κ3) is 4.38. The van der Waals surface area contributed by atoms with E-state index in [4.69, 9.17) is 5.11 Å². The van der Waals surface area contributed by atoms with Gasteiger partial charge < -0.3 is 9.84 Å². The molecule has 4 nitrogen and oxygen atoms in total. The first kappa shape index (κ1) is 16.8. The zero-order valence-corrected chi connectivity index (χ0v) is 11.3. The van der Waals surface area contributed by atoms with E-state index in [2.05, 4.69) is 9.72 Å². The van der Waals surface area contributed by atoms with Crippen molar-refractivity contribution in [2.45, 2.75) is 19.0 Å². The van der Waals surface area contributed by atoms with Crippen molar-refractivity contribution < 1.29 is 41.0 Å². The van der Waals surface area contributed by atoms with Gasteiger partial charge in [0.2, 0.25) is 5.88 Å². The van der Waals surface area contributed by atoms with Crippen molar-refractivity contribution >= 4 is 28.6 Å². The van der Waals surface area contributed by atoms with Crippen LogP contribution in [0.2, 0.25) is 0 Å². The molecule has 0 aromatic carbocycles. The lowest BCUT2D eigenvalue weighted by atomic mass is 10.1. The van der Waals surface area contributed by atoms with Gasteiger partial charge in [0.25, 0.3) is 0 Å². The van der Waals surface area contributed by atoms with Gasteiger partial charge in [-0.1, -0.05) is 0 Å². The van der Waals surface area contributed by atoms with Crippen LogP contribution < -0.4 is 4.74 Å². The Morgan fingerprint density at radius 1 is 1.30 bits per heavy atom. The van der Waals surface area contributed by atoms with Crippen molar-refractivity contribution in [1.82, 2.24) is 4.98 Å². The highest BCUT2D eigenvalue weighted by atomic mass is 127. The van der Waals surface area contributed by atoms with Crippen molar-refractivity contribution in [1.29, 1.82) is 0 Å². The summed E-state index contributed by atoms with van der Waals surface area (Å²) in [5.74, 6) is -3.11. The molecule has 0 spiro atoms. The predicted molar refractivity (Wildman–Crippen MR) is 60.0 cm³/mol. The minimum absolute atomic E-state index is 0.361. The molecule has 0 fully saturated rings. The molecule has 0 radical (unpaired) electrons. The number of carboxylic acid groups (broad SMARTS) is 1. The van der Waals surface area contributed by atoms with Crippen LogP contribution in [-0.2, 0) is 17.4 Å². The Labute approximate surface area is 120 Å². The average Bonchev–Trinajstić information content (AvgIpc) is 2.17. The topological polar surface area (TPSA) is 59.4 Å². The van der Waals surface area contributed by atoms with E-state index in [1.165, 1.54) is 0 Å². The molecule has 0 amide bonds. The number of aromatic nitrogens is 1. The molecule has 1 heterocycles. The van der Waals surface area contributed by atoms with Gasteiger partial charge in [-0.2, -0.15) is 13.2 Å². The largest absolute Gasteiger partial charge is 0.574 e. The quantitative estimate of drug-likeness (QED) is 0.609. The van der Waals surface area contributed by atoms with Gasteiger partial charge in [0.1, 0.15) is 5.56 Å². The summed E-state index contributed by atoms with van der Waals surface area (Å²) in [6.07, 6.45) is -10.7. The van der Waals surface area contributed by atoms with Gasteiger partial charge in [0.05, 0.1) is 6.42 Å². The molecule has 112 valence electrons. The summed E-state index contributed by atoms with van der Waals surface area (Å²) >= 11 is 1.11. The van der Waals surface area contributed by atoms with E-state index in [9.17, 15) is 31.1 Å². The Bertz CT molecular complexity index is 528. The highest BCUT2D eigenvalue weighted by Crippen LogP contribution is 2.41. The summed E-state index contributed by atoms with van der Waals surface area (Å²) in [5.41, 5.74) is -2.12. The number of alkyl halides is 6. The number of hydrogen-bond donors (Lipinski definition) is 1. The van der Waals surface area contributed by atoms with Crippen molar-refractivity contribution in [2.75, 3.05) is 0 Å². The molecule has 0 unspecified atom stereocenters. The highest BCUT2D eigenvalue weighted by molar-refractivity contribution is 14.1. The number of nitrogens with zero attached hydrogens (tertiary/aromatic N) is 1. The van der Waals surface area contributed by atoms with Gasteiger partial charge in [-0.25, -0.2) is 4.98 Å². The molecule has 0 aliphatic heterocycles. The number of pyridine rings is 1.